The van der Waals surface area contributed by atoms with Crippen LogP contribution in [0.25, 0.3) is 10.8 Å². The van der Waals surface area contributed by atoms with E-state index in [1.165, 1.54) is 0 Å². The zero-order chi connectivity index (χ0) is 30.2. The van der Waals surface area contributed by atoms with Crippen LogP contribution in [0.15, 0.2) is 66.7 Å². The monoisotopic (exact) mass is 559 g/mol. The molecule has 0 aliphatic heterocycles. The van der Waals surface area contributed by atoms with Crippen molar-refractivity contribution in [2.24, 2.45) is 5.92 Å². The van der Waals surface area contributed by atoms with E-state index in [0.717, 1.165) is 28.3 Å². The zero-order valence-electron chi connectivity index (χ0n) is 25.5. The maximum atomic E-state index is 14.3. The van der Waals surface area contributed by atoms with Gasteiger partial charge in [-0.3, -0.25) is 9.59 Å². The highest BCUT2D eigenvalue weighted by atomic mass is 16.6. The second-order valence-electron chi connectivity index (χ2n) is 12.0. The molecule has 0 radical (unpaired) electrons. The van der Waals surface area contributed by atoms with Gasteiger partial charge < -0.3 is 20.3 Å². The van der Waals surface area contributed by atoms with E-state index in [9.17, 15) is 14.4 Å². The lowest BCUT2D eigenvalue weighted by molar-refractivity contribution is -0.141. The third kappa shape index (κ3) is 9.07. The predicted molar refractivity (Wildman–Crippen MR) is 166 cm³/mol. The Morgan fingerprint density at radius 3 is 2.22 bits per heavy atom. The number of ether oxygens (including phenoxy) is 1. The SMILES string of the molecule is CCCCN(C(=O)C(CC(C)C)NC(=O)OC(C)(C)C)C(C(=O)Nc1ccc2ccccc2c1)c1ccccc1C. The largest absolute Gasteiger partial charge is 0.444 e. The van der Waals surface area contributed by atoms with Gasteiger partial charge in [-0.2, -0.15) is 0 Å². The normalized spacial score (nSPS) is 13.0. The van der Waals surface area contributed by atoms with E-state index in [4.69, 9.17) is 4.74 Å². The quantitative estimate of drug-likeness (QED) is 0.256. The fourth-order valence-corrected chi connectivity index (χ4v) is 4.86. The lowest BCUT2D eigenvalue weighted by Gasteiger charge is -2.35. The van der Waals surface area contributed by atoms with Gasteiger partial charge in [-0.05, 0) is 80.5 Å². The summed E-state index contributed by atoms with van der Waals surface area (Å²) < 4.78 is 5.49. The van der Waals surface area contributed by atoms with Gasteiger partial charge in [0, 0.05) is 12.2 Å². The Morgan fingerprint density at radius 2 is 1.59 bits per heavy atom. The summed E-state index contributed by atoms with van der Waals surface area (Å²) in [6.07, 6.45) is 1.30. The Morgan fingerprint density at radius 1 is 0.927 bits per heavy atom. The van der Waals surface area contributed by atoms with Crippen molar-refractivity contribution in [3.63, 3.8) is 0 Å². The van der Waals surface area contributed by atoms with Crippen LogP contribution in [0.4, 0.5) is 10.5 Å². The van der Waals surface area contributed by atoms with Crippen LogP contribution in [0, 0.1) is 12.8 Å². The predicted octanol–water partition coefficient (Wildman–Crippen LogP) is 7.40. The summed E-state index contributed by atoms with van der Waals surface area (Å²) in [5.41, 5.74) is 1.60. The molecule has 2 N–H and O–H groups in total. The molecule has 220 valence electrons. The highest BCUT2D eigenvalue weighted by molar-refractivity contribution is 6.00. The number of unbranched alkanes of at least 4 members (excludes halogenated alkanes) is 1. The molecular formula is C34H45N3O4. The van der Waals surface area contributed by atoms with Crippen LogP contribution < -0.4 is 10.6 Å². The van der Waals surface area contributed by atoms with Crippen molar-refractivity contribution in [2.75, 3.05) is 11.9 Å². The standard InChI is InChI=1S/C34H45N3O4/c1-8-9-20-37(32(39)29(21-23(2)3)36-33(40)41-34(5,6)7)30(28-17-13-10-14-24(28)4)31(38)35-27-19-18-25-15-11-12-16-26(25)22-27/h10-19,22-23,29-30H,8-9,20-21H2,1-7H3,(H,35,38)(H,36,40). The van der Waals surface area contributed by atoms with E-state index in [-0.39, 0.29) is 17.7 Å². The molecule has 2 atom stereocenters. The number of carbonyl (C=O) groups excluding carboxylic acids is 3. The topological polar surface area (TPSA) is 87.7 Å². The minimum absolute atomic E-state index is 0.121. The number of fused-ring (bicyclic) bond motifs is 1. The number of alkyl carbamates (subject to hydrolysis) is 1. The highest BCUT2D eigenvalue weighted by Gasteiger charge is 2.37. The average Bonchev–Trinajstić information content (AvgIpc) is 2.89. The first-order valence-electron chi connectivity index (χ1n) is 14.5. The van der Waals surface area contributed by atoms with Crippen molar-refractivity contribution in [1.29, 1.82) is 0 Å². The van der Waals surface area contributed by atoms with Crippen LogP contribution in [0.3, 0.4) is 0 Å². The number of amides is 3. The molecular weight excluding hydrogens is 514 g/mol. The second-order valence-corrected chi connectivity index (χ2v) is 12.0. The molecule has 0 fully saturated rings. The Kier molecular flexibility index (Phi) is 10.9. The summed E-state index contributed by atoms with van der Waals surface area (Å²) in [4.78, 5) is 42.9. The molecule has 0 saturated heterocycles. The third-order valence-corrected chi connectivity index (χ3v) is 6.79. The van der Waals surface area contributed by atoms with Crippen LogP contribution in [0.1, 0.15) is 78.0 Å². The summed E-state index contributed by atoms with van der Waals surface area (Å²) in [5.74, 6) is -0.491. The molecule has 0 bridgehead atoms. The molecule has 7 heteroatoms. The number of nitrogens with one attached hydrogen (secondary N) is 2. The van der Waals surface area contributed by atoms with Gasteiger partial charge in [0.05, 0.1) is 0 Å². The molecule has 7 nitrogen and oxygen atoms in total. The van der Waals surface area contributed by atoms with E-state index < -0.39 is 23.8 Å². The molecule has 0 spiro atoms. The molecule has 0 saturated carbocycles. The first-order valence-corrected chi connectivity index (χ1v) is 14.5. The number of anilines is 1. The van der Waals surface area contributed by atoms with Crippen LogP contribution in [-0.2, 0) is 14.3 Å². The molecule has 2 unspecified atom stereocenters. The van der Waals surface area contributed by atoms with Crippen molar-refractivity contribution < 1.29 is 19.1 Å². The zero-order valence-corrected chi connectivity index (χ0v) is 25.5. The summed E-state index contributed by atoms with van der Waals surface area (Å²) in [7, 11) is 0. The van der Waals surface area contributed by atoms with Gasteiger partial charge in [0.2, 0.25) is 5.91 Å². The first kappa shape index (κ1) is 31.7. The van der Waals surface area contributed by atoms with E-state index in [1.54, 1.807) is 25.7 Å². The molecule has 3 aromatic carbocycles. The van der Waals surface area contributed by atoms with Gasteiger partial charge in [0.15, 0.2) is 0 Å². The van der Waals surface area contributed by atoms with E-state index in [2.05, 4.69) is 10.6 Å². The van der Waals surface area contributed by atoms with Crippen molar-refractivity contribution >= 4 is 34.4 Å². The average molecular weight is 560 g/mol. The smallest absolute Gasteiger partial charge is 0.408 e. The van der Waals surface area contributed by atoms with Crippen molar-refractivity contribution in [3.8, 4) is 0 Å². The summed E-state index contributed by atoms with van der Waals surface area (Å²) in [6.45, 7) is 13.7. The third-order valence-electron chi connectivity index (χ3n) is 6.79. The maximum Gasteiger partial charge on any atom is 0.408 e. The first-order chi connectivity index (χ1) is 19.4. The molecule has 3 amide bonds. The lowest BCUT2D eigenvalue weighted by Crippen LogP contribution is -2.53. The fourth-order valence-electron chi connectivity index (χ4n) is 4.86. The summed E-state index contributed by atoms with van der Waals surface area (Å²) in [5, 5.41) is 7.97. The van der Waals surface area contributed by atoms with Crippen molar-refractivity contribution in [2.45, 2.75) is 85.4 Å². The number of aryl methyl sites for hydroxylation is 1. The molecule has 41 heavy (non-hydrogen) atoms. The Labute approximate surface area is 244 Å². The minimum Gasteiger partial charge on any atom is -0.444 e. The number of nitrogens with zero attached hydrogens (tertiary/aromatic N) is 1. The van der Waals surface area contributed by atoms with Crippen molar-refractivity contribution in [3.05, 3.63) is 77.9 Å². The van der Waals surface area contributed by atoms with Gasteiger partial charge in [-0.15, -0.1) is 0 Å². The van der Waals surface area contributed by atoms with Crippen LogP contribution in [-0.4, -0.2) is 41.0 Å². The summed E-state index contributed by atoms with van der Waals surface area (Å²) >= 11 is 0. The number of hydrogen-bond acceptors (Lipinski definition) is 4. The van der Waals surface area contributed by atoms with E-state index >= 15 is 0 Å². The van der Waals surface area contributed by atoms with Crippen LogP contribution in [0.2, 0.25) is 0 Å². The van der Waals surface area contributed by atoms with Crippen LogP contribution in [0.5, 0.6) is 0 Å². The van der Waals surface area contributed by atoms with Gasteiger partial charge in [-0.25, -0.2) is 4.79 Å². The molecule has 3 aromatic rings. The number of hydrogen-bond donors (Lipinski definition) is 2. The summed E-state index contributed by atoms with van der Waals surface area (Å²) in [6, 6.07) is 19.6. The Hall–Kier alpha value is -3.87. The number of carbonyl (C=O) groups is 3. The van der Waals surface area contributed by atoms with Crippen molar-refractivity contribution in [1.82, 2.24) is 10.2 Å². The highest BCUT2D eigenvalue weighted by Crippen LogP contribution is 2.29. The molecule has 0 aromatic heterocycles. The van der Waals surface area contributed by atoms with Gasteiger partial charge >= 0.3 is 6.09 Å². The minimum atomic E-state index is -0.892. The fraction of sp³-hybridized carbons (Fsp3) is 0.441. The molecule has 0 heterocycles. The number of benzene rings is 3. The van der Waals surface area contributed by atoms with E-state index in [0.29, 0.717) is 25.1 Å². The van der Waals surface area contributed by atoms with Gasteiger partial charge in [0.25, 0.3) is 5.91 Å². The molecule has 3 rings (SSSR count). The lowest BCUT2D eigenvalue weighted by atomic mass is 9.96. The second kappa shape index (κ2) is 14.2. The molecule has 0 aliphatic carbocycles. The number of rotatable bonds is 11. The molecule has 0 aliphatic rings. The van der Waals surface area contributed by atoms with E-state index in [1.807, 2.05) is 94.4 Å². The Balaban J connectivity index is 2.03. The van der Waals surface area contributed by atoms with Gasteiger partial charge in [0.1, 0.15) is 17.7 Å². The van der Waals surface area contributed by atoms with Crippen LogP contribution >= 0.6 is 0 Å². The van der Waals surface area contributed by atoms with Gasteiger partial charge in [-0.1, -0.05) is 81.8 Å². The Bertz CT molecular complexity index is 1350. The maximum absolute atomic E-state index is 14.3.